The fourth-order valence-electron chi connectivity index (χ4n) is 2.43. The van der Waals surface area contributed by atoms with Crippen LogP contribution in [0.4, 0.5) is 0 Å². The van der Waals surface area contributed by atoms with E-state index in [-0.39, 0.29) is 5.88 Å². The maximum atomic E-state index is 10.8. The lowest BCUT2D eigenvalue weighted by Gasteiger charge is -2.12. The van der Waals surface area contributed by atoms with Crippen LogP contribution in [0.5, 0.6) is 17.4 Å². The van der Waals surface area contributed by atoms with Crippen LogP contribution < -0.4 is 14.2 Å². The fraction of sp³-hybridized carbons (Fsp3) is 0.167. The first-order valence-electron chi connectivity index (χ1n) is 7.45. The summed E-state index contributed by atoms with van der Waals surface area (Å²) in [5.41, 5.74) is 2.01. The van der Waals surface area contributed by atoms with Crippen molar-refractivity contribution in [3.8, 4) is 28.6 Å². The van der Waals surface area contributed by atoms with Crippen LogP contribution in [-0.2, 0) is 4.79 Å². The summed E-state index contributed by atoms with van der Waals surface area (Å²) >= 11 is 0. The van der Waals surface area contributed by atoms with Crippen molar-refractivity contribution in [2.75, 3.05) is 20.8 Å². The van der Waals surface area contributed by atoms with Gasteiger partial charge in [0.25, 0.3) is 0 Å². The number of rotatable bonds is 6. The van der Waals surface area contributed by atoms with E-state index in [2.05, 4.69) is 9.97 Å². The Balaban J connectivity index is 2.11. The number of benzene rings is 1. The van der Waals surface area contributed by atoms with E-state index < -0.39 is 12.6 Å². The van der Waals surface area contributed by atoms with Crippen molar-refractivity contribution in [2.45, 2.75) is 0 Å². The highest BCUT2D eigenvalue weighted by atomic mass is 16.5. The molecule has 7 nitrogen and oxygen atoms in total. The zero-order valence-corrected chi connectivity index (χ0v) is 13.7. The van der Waals surface area contributed by atoms with Gasteiger partial charge in [-0.05, 0) is 36.4 Å². The molecule has 0 spiro atoms. The number of carboxylic acids is 1. The van der Waals surface area contributed by atoms with Crippen LogP contribution >= 0.6 is 0 Å². The monoisotopic (exact) mass is 340 g/mol. The second-order valence-electron chi connectivity index (χ2n) is 5.13. The minimum Gasteiger partial charge on any atom is -0.493 e. The summed E-state index contributed by atoms with van der Waals surface area (Å²) in [5, 5.41) is 9.51. The Hall–Kier alpha value is -3.35. The summed E-state index contributed by atoms with van der Waals surface area (Å²) < 4.78 is 15.9. The van der Waals surface area contributed by atoms with Gasteiger partial charge in [-0.15, -0.1) is 0 Å². The van der Waals surface area contributed by atoms with Gasteiger partial charge in [-0.3, -0.25) is 4.98 Å². The first kappa shape index (κ1) is 16.5. The highest BCUT2D eigenvalue weighted by Crippen LogP contribution is 2.34. The van der Waals surface area contributed by atoms with E-state index in [9.17, 15) is 4.79 Å². The van der Waals surface area contributed by atoms with Gasteiger partial charge in [0.05, 0.1) is 30.8 Å². The summed E-state index contributed by atoms with van der Waals surface area (Å²) in [6.07, 6.45) is 1.65. The summed E-state index contributed by atoms with van der Waals surface area (Å²) in [7, 11) is 3.12. The molecule has 0 saturated carbocycles. The number of ether oxygens (including phenoxy) is 3. The normalized spacial score (nSPS) is 10.5. The minimum absolute atomic E-state index is 0.220. The molecular weight excluding hydrogens is 324 g/mol. The van der Waals surface area contributed by atoms with E-state index in [1.807, 2.05) is 12.1 Å². The summed E-state index contributed by atoms with van der Waals surface area (Å²) in [6.45, 7) is -0.480. The Bertz CT molecular complexity index is 926. The molecule has 3 rings (SSSR count). The predicted octanol–water partition coefficient (Wildman–Crippen LogP) is 2.78. The van der Waals surface area contributed by atoms with Gasteiger partial charge >= 0.3 is 5.97 Å². The standard InChI is InChI=1S/C18H16N2O5/c1-23-15-6-5-11(8-16(15)24-2)13-9-14-12(4-3-7-19-14)18(20-13)25-10-17(21)22/h3-9H,10H2,1-2H3,(H,21,22). The molecule has 7 heteroatoms. The van der Waals surface area contributed by atoms with E-state index in [1.165, 1.54) is 0 Å². The highest BCUT2D eigenvalue weighted by molar-refractivity contribution is 5.87. The van der Waals surface area contributed by atoms with Crippen LogP contribution in [0.2, 0.25) is 0 Å². The second kappa shape index (κ2) is 7.04. The van der Waals surface area contributed by atoms with Crippen molar-refractivity contribution < 1.29 is 24.1 Å². The smallest absolute Gasteiger partial charge is 0.341 e. The maximum absolute atomic E-state index is 10.8. The van der Waals surface area contributed by atoms with Gasteiger partial charge in [0.1, 0.15) is 0 Å². The molecule has 0 atom stereocenters. The van der Waals surface area contributed by atoms with Gasteiger partial charge in [-0.1, -0.05) is 0 Å². The van der Waals surface area contributed by atoms with Crippen LogP contribution in [0.3, 0.4) is 0 Å². The Morgan fingerprint density at radius 3 is 2.64 bits per heavy atom. The molecule has 2 aromatic heterocycles. The summed E-state index contributed by atoms with van der Waals surface area (Å²) in [5.74, 6) is 0.316. The van der Waals surface area contributed by atoms with Gasteiger partial charge in [0, 0.05) is 11.8 Å². The first-order valence-corrected chi connectivity index (χ1v) is 7.45. The molecule has 0 fully saturated rings. The number of aromatic nitrogens is 2. The molecule has 3 aromatic rings. The molecule has 2 heterocycles. The third-order valence-electron chi connectivity index (χ3n) is 3.58. The van der Waals surface area contributed by atoms with Crippen LogP contribution in [-0.4, -0.2) is 41.9 Å². The molecule has 0 unspecified atom stereocenters. The number of nitrogens with zero attached hydrogens (tertiary/aromatic N) is 2. The number of hydrogen-bond acceptors (Lipinski definition) is 6. The van der Waals surface area contributed by atoms with Crippen molar-refractivity contribution in [3.63, 3.8) is 0 Å². The SMILES string of the molecule is COc1ccc(-c2cc3ncccc3c(OCC(=O)O)n2)cc1OC. The van der Waals surface area contributed by atoms with E-state index in [0.29, 0.717) is 28.1 Å². The molecule has 0 bridgehead atoms. The molecule has 128 valence electrons. The zero-order valence-electron chi connectivity index (χ0n) is 13.7. The van der Waals surface area contributed by atoms with E-state index in [4.69, 9.17) is 19.3 Å². The van der Waals surface area contributed by atoms with Gasteiger partial charge in [-0.2, -0.15) is 0 Å². The van der Waals surface area contributed by atoms with Crippen LogP contribution in [0.1, 0.15) is 0 Å². The number of carboxylic acid groups (broad SMARTS) is 1. The molecular formula is C18H16N2O5. The van der Waals surface area contributed by atoms with Crippen molar-refractivity contribution in [1.82, 2.24) is 9.97 Å². The Kier molecular flexibility index (Phi) is 4.65. The van der Waals surface area contributed by atoms with Gasteiger partial charge in [-0.25, -0.2) is 9.78 Å². The fourth-order valence-corrected chi connectivity index (χ4v) is 2.43. The summed E-state index contributed by atoms with van der Waals surface area (Å²) in [4.78, 5) is 19.6. The second-order valence-corrected chi connectivity index (χ2v) is 5.13. The van der Waals surface area contributed by atoms with Gasteiger partial charge < -0.3 is 19.3 Å². The first-order chi connectivity index (χ1) is 12.1. The van der Waals surface area contributed by atoms with Crippen molar-refractivity contribution >= 4 is 16.9 Å². The Labute approximate surface area is 143 Å². The van der Waals surface area contributed by atoms with Gasteiger partial charge in [0.2, 0.25) is 5.88 Å². The number of pyridine rings is 2. The van der Waals surface area contributed by atoms with Crippen LogP contribution in [0.15, 0.2) is 42.6 Å². The molecule has 1 N–H and O–H groups in total. The van der Waals surface area contributed by atoms with E-state index >= 15 is 0 Å². The van der Waals surface area contributed by atoms with Crippen molar-refractivity contribution in [3.05, 3.63) is 42.6 Å². The molecule has 0 amide bonds. The molecule has 25 heavy (non-hydrogen) atoms. The van der Waals surface area contributed by atoms with Gasteiger partial charge in [0.15, 0.2) is 18.1 Å². The Morgan fingerprint density at radius 1 is 1.12 bits per heavy atom. The zero-order chi connectivity index (χ0) is 17.8. The molecule has 0 aliphatic rings. The third-order valence-corrected chi connectivity index (χ3v) is 3.58. The molecule has 0 aliphatic heterocycles. The Morgan fingerprint density at radius 2 is 1.92 bits per heavy atom. The topological polar surface area (TPSA) is 90.8 Å². The molecule has 0 radical (unpaired) electrons. The molecule has 0 aliphatic carbocycles. The molecule has 0 saturated heterocycles. The maximum Gasteiger partial charge on any atom is 0.341 e. The minimum atomic E-state index is -1.07. The average Bonchev–Trinajstić information content (AvgIpc) is 2.65. The third kappa shape index (κ3) is 3.45. The lowest BCUT2D eigenvalue weighted by Crippen LogP contribution is -2.10. The van der Waals surface area contributed by atoms with E-state index in [1.54, 1.807) is 44.7 Å². The van der Waals surface area contributed by atoms with Crippen molar-refractivity contribution in [2.24, 2.45) is 0 Å². The van der Waals surface area contributed by atoms with Crippen LogP contribution in [0, 0.1) is 0 Å². The summed E-state index contributed by atoms with van der Waals surface area (Å²) in [6, 6.07) is 10.7. The van der Waals surface area contributed by atoms with Crippen LogP contribution in [0.25, 0.3) is 22.2 Å². The quantitative estimate of drug-likeness (QED) is 0.738. The molecule has 1 aromatic carbocycles. The lowest BCUT2D eigenvalue weighted by molar-refractivity contribution is -0.139. The number of aliphatic carboxylic acids is 1. The largest absolute Gasteiger partial charge is 0.493 e. The predicted molar refractivity (Wildman–Crippen MR) is 91.2 cm³/mol. The van der Waals surface area contributed by atoms with E-state index in [0.717, 1.165) is 5.56 Å². The number of fused-ring (bicyclic) bond motifs is 1. The number of hydrogen-bond donors (Lipinski definition) is 1. The number of carbonyl (C=O) groups is 1. The highest BCUT2D eigenvalue weighted by Gasteiger charge is 2.13. The average molecular weight is 340 g/mol. The lowest BCUT2D eigenvalue weighted by atomic mass is 10.1. The number of methoxy groups -OCH3 is 2. The van der Waals surface area contributed by atoms with Crippen molar-refractivity contribution in [1.29, 1.82) is 0 Å².